The van der Waals surface area contributed by atoms with E-state index in [0.717, 1.165) is 50.7 Å². The first-order valence-electron chi connectivity index (χ1n) is 10.1. The van der Waals surface area contributed by atoms with Crippen molar-refractivity contribution in [3.8, 4) is 22.6 Å². The first-order valence-corrected chi connectivity index (χ1v) is 10.4. The highest BCUT2D eigenvalue weighted by Crippen LogP contribution is 2.34. The highest BCUT2D eigenvalue weighted by molar-refractivity contribution is 6.31. The Bertz CT molecular complexity index is 1310. The molecule has 0 radical (unpaired) electrons. The number of benzene rings is 3. The Labute approximate surface area is 184 Å². The first kappa shape index (κ1) is 19.7. The van der Waals surface area contributed by atoms with Crippen molar-refractivity contribution in [1.82, 2.24) is 0 Å². The predicted octanol–water partition coefficient (Wildman–Crippen LogP) is 4.06. The molecule has 0 saturated heterocycles. The second-order valence-corrected chi connectivity index (χ2v) is 8.02. The van der Waals surface area contributed by atoms with Crippen LogP contribution in [0, 0.1) is 0 Å². The van der Waals surface area contributed by atoms with Gasteiger partial charge in [0.1, 0.15) is 24.6 Å². The average molecular weight is 435 g/mol. The molecule has 1 atom stereocenters. The van der Waals surface area contributed by atoms with E-state index in [4.69, 9.17) is 25.5 Å². The van der Waals surface area contributed by atoms with Crippen LogP contribution in [-0.4, -0.2) is 13.8 Å². The Morgan fingerprint density at radius 2 is 1.87 bits per heavy atom. The zero-order chi connectivity index (χ0) is 21.4. The third-order valence-electron chi connectivity index (χ3n) is 5.63. The van der Waals surface area contributed by atoms with E-state index in [1.807, 2.05) is 60.7 Å². The Hall–Kier alpha value is -3.28. The van der Waals surface area contributed by atoms with E-state index in [0.29, 0.717) is 18.9 Å². The fourth-order valence-electron chi connectivity index (χ4n) is 4.08. The molecule has 0 saturated carbocycles. The van der Waals surface area contributed by atoms with Gasteiger partial charge >= 0.3 is 5.63 Å². The number of hydrogen-bond donors (Lipinski definition) is 1. The van der Waals surface area contributed by atoms with Gasteiger partial charge in [-0.15, -0.1) is 0 Å². The van der Waals surface area contributed by atoms with Gasteiger partial charge in [0.15, 0.2) is 5.58 Å². The van der Waals surface area contributed by atoms with Gasteiger partial charge in [-0.05, 0) is 41.5 Å². The van der Waals surface area contributed by atoms with Crippen LogP contribution >= 0.6 is 11.6 Å². The fraction of sp³-hybridized carbons (Fsp3) is 0.160. The molecule has 5 nitrogen and oxygen atoms in total. The van der Waals surface area contributed by atoms with E-state index in [-0.39, 0.29) is 5.63 Å². The molecule has 156 valence electrons. The molecule has 1 aromatic heterocycles. The van der Waals surface area contributed by atoms with Crippen LogP contribution in [0.25, 0.3) is 22.1 Å². The number of ether oxygens (including phenoxy) is 2. The largest absolute Gasteiger partial charge is 0.497 e. The number of rotatable bonds is 4. The summed E-state index contributed by atoms with van der Waals surface area (Å²) in [6.45, 7) is 1.91. The summed E-state index contributed by atoms with van der Waals surface area (Å²) in [7, 11) is 1.63. The maximum absolute atomic E-state index is 12.4. The topological polar surface area (TPSA) is 53.1 Å². The SMILES string of the molecule is COc1ccc(-c2cc(=O)oc3c4c(ccc23)OC[NH+](Cc2ccccc2Cl)C4)cc1. The summed E-state index contributed by atoms with van der Waals surface area (Å²) in [5.74, 6) is 1.52. The third-order valence-corrected chi connectivity index (χ3v) is 6.00. The summed E-state index contributed by atoms with van der Waals surface area (Å²) in [6.07, 6.45) is 0. The van der Waals surface area contributed by atoms with E-state index < -0.39 is 0 Å². The van der Waals surface area contributed by atoms with Gasteiger partial charge in [0.25, 0.3) is 0 Å². The predicted molar refractivity (Wildman–Crippen MR) is 120 cm³/mol. The minimum absolute atomic E-state index is 0.384. The molecule has 0 fully saturated rings. The summed E-state index contributed by atoms with van der Waals surface area (Å²) in [4.78, 5) is 13.6. The first-order chi connectivity index (χ1) is 15.1. The smallest absolute Gasteiger partial charge is 0.336 e. The summed E-state index contributed by atoms with van der Waals surface area (Å²) in [5.41, 5.74) is 3.91. The molecule has 5 rings (SSSR count). The van der Waals surface area contributed by atoms with Crippen molar-refractivity contribution < 1.29 is 18.8 Å². The van der Waals surface area contributed by atoms with Crippen molar-refractivity contribution in [3.63, 3.8) is 0 Å². The molecule has 1 aliphatic heterocycles. The highest BCUT2D eigenvalue weighted by Gasteiger charge is 2.26. The Balaban J connectivity index is 1.56. The van der Waals surface area contributed by atoms with Gasteiger partial charge in [-0.25, -0.2) is 4.79 Å². The van der Waals surface area contributed by atoms with Gasteiger partial charge in [0.2, 0.25) is 6.73 Å². The standard InChI is InChI=1S/C25H20ClNO4/c1-29-18-8-6-16(7-9-18)20-12-24(28)31-25-19(20)10-11-23-21(25)14-27(15-30-23)13-17-4-2-3-5-22(17)26/h2-12H,13-15H2,1H3/p+1. The van der Waals surface area contributed by atoms with Gasteiger partial charge in [-0.3, -0.25) is 4.90 Å². The quantitative estimate of drug-likeness (QED) is 0.492. The van der Waals surface area contributed by atoms with E-state index in [1.54, 1.807) is 7.11 Å². The van der Waals surface area contributed by atoms with Crippen molar-refractivity contribution in [2.24, 2.45) is 0 Å². The molecular weight excluding hydrogens is 414 g/mol. The molecule has 0 aliphatic carbocycles. The molecule has 3 aromatic carbocycles. The van der Waals surface area contributed by atoms with Crippen LogP contribution in [0.1, 0.15) is 11.1 Å². The zero-order valence-electron chi connectivity index (χ0n) is 17.0. The van der Waals surface area contributed by atoms with Crippen molar-refractivity contribution in [1.29, 1.82) is 0 Å². The van der Waals surface area contributed by atoms with Gasteiger partial charge < -0.3 is 13.9 Å². The van der Waals surface area contributed by atoms with Crippen LogP contribution in [0.5, 0.6) is 11.5 Å². The number of methoxy groups -OCH3 is 1. The lowest BCUT2D eigenvalue weighted by atomic mass is 9.99. The van der Waals surface area contributed by atoms with E-state index in [2.05, 4.69) is 0 Å². The van der Waals surface area contributed by atoms with Crippen molar-refractivity contribution in [2.45, 2.75) is 13.1 Å². The maximum atomic E-state index is 12.4. The van der Waals surface area contributed by atoms with Crippen molar-refractivity contribution in [3.05, 3.63) is 93.3 Å². The third kappa shape index (κ3) is 3.78. The summed E-state index contributed by atoms with van der Waals surface area (Å²) < 4.78 is 17.0. The van der Waals surface area contributed by atoms with Gasteiger partial charge in [-0.2, -0.15) is 0 Å². The van der Waals surface area contributed by atoms with Crippen LogP contribution < -0.4 is 20.0 Å². The van der Waals surface area contributed by atoms with Gasteiger partial charge in [-0.1, -0.05) is 41.9 Å². The molecule has 1 unspecified atom stereocenters. The van der Waals surface area contributed by atoms with Crippen LogP contribution in [0.15, 0.2) is 75.9 Å². The number of nitrogens with one attached hydrogen (secondary N) is 1. The van der Waals surface area contributed by atoms with Crippen LogP contribution in [0.3, 0.4) is 0 Å². The van der Waals surface area contributed by atoms with E-state index >= 15 is 0 Å². The van der Waals surface area contributed by atoms with Crippen LogP contribution in [0.2, 0.25) is 5.02 Å². The zero-order valence-corrected chi connectivity index (χ0v) is 17.7. The minimum atomic E-state index is -0.384. The number of hydrogen-bond acceptors (Lipinski definition) is 4. The highest BCUT2D eigenvalue weighted by atomic mass is 35.5. The lowest BCUT2D eigenvalue weighted by Crippen LogP contribution is -3.10. The second-order valence-electron chi connectivity index (χ2n) is 7.61. The van der Waals surface area contributed by atoms with Gasteiger partial charge in [0.05, 0.1) is 12.7 Å². The molecule has 0 bridgehead atoms. The van der Waals surface area contributed by atoms with Gasteiger partial charge in [0, 0.05) is 22.0 Å². The van der Waals surface area contributed by atoms with Crippen molar-refractivity contribution in [2.75, 3.05) is 13.8 Å². The van der Waals surface area contributed by atoms with Crippen molar-refractivity contribution >= 4 is 22.6 Å². The lowest BCUT2D eigenvalue weighted by Gasteiger charge is -2.27. The monoisotopic (exact) mass is 434 g/mol. The molecule has 31 heavy (non-hydrogen) atoms. The number of fused-ring (bicyclic) bond motifs is 3. The summed E-state index contributed by atoms with van der Waals surface area (Å²) in [6, 6.07) is 20.9. The average Bonchev–Trinajstić information content (AvgIpc) is 2.80. The molecule has 2 heterocycles. The molecule has 0 amide bonds. The Kier molecular flexibility index (Phi) is 5.14. The molecule has 0 spiro atoms. The minimum Gasteiger partial charge on any atom is -0.497 e. The maximum Gasteiger partial charge on any atom is 0.336 e. The lowest BCUT2D eigenvalue weighted by molar-refractivity contribution is -0.945. The fourth-order valence-corrected chi connectivity index (χ4v) is 4.28. The molecule has 1 aliphatic rings. The molecule has 4 aromatic rings. The molecule has 1 N–H and O–H groups in total. The van der Waals surface area contributed by atoms with Crippen LogP contribution in [0.4, 0.5) is 0 Å². The summed E-state index contributed by atoms with van der Waals surface area (Å²) >= 11 is 6.35. The normalized spacial score (nSPS) is 15.4. The Morgan fingerprint density at radius 1 is 1.06 bits per heavy atom. The molecular formula is C25H21ClNO4+. The number of quaternary nitrogens is 1. The van der Waals surface area contributed by atoms with E-state index in [1.165, 1.54) is 11.0 Å². The summed E-state index contributed by atoms with van der Waals surface area (Å²) in [5, 5.41) is 1.62. The van der Waals surface area contributed by atoms with Crippen LogP contribution in [-0.2, 0) is 13.1 Å². The second kappa shape index (κ2) is 8.10. The Morgan fingerprint density at radius 3 is 2.65 bits per heavy atom. The van der Waals surface area contributed by atoms with E-state index in [9.17, 15) is 4.79 Å². The molecule has 6 heteroatoms. The number of halogens is 1.